The lowest BCUT2D eigenvalue weighted by atomic mass is 10.1. The van der Waals surface area contributed by atoms with Crippen LogP contribution in [0, 0.1) is 11.6 Å². The van der Waals surface area contributed by atoms with Gasteiger partial charge in [-0.2, -0.15) is 0 Å². The van der Waals surface area contributed by atoms with Gasteiger partial charge in [0.1, 0.15) is 6.10 Å². The number of benzene rings is 1. The van der Waals surface area contributed by atoms with Crippen LogP contribution in [0.15, 0.2) is 18.2 Å². The molecule has 0 heterocycles. The molecule has 84 valence electrons. The van der Waals surface area contributed by atoms with E-state index in [1.807, 2.05) is 6.92 Å². The van der Waals surface area contributed by atoms with Crippen molar-refractivity contribution in [1.82, 2.24) is 0 Å². The molecule has 1 rings (SSSR count). The Kier molecular flexibility index (Phi) is 4.65. The standard InChI is InChI=1S/C11H14F2O2/c1-2-5-15-7-11(14)8-3-4-9(12)10(13)6-8/h3-4,6,11,14H,2,5,7H2,1H3. The SMILES string of the molecule is CCCOCC(O)c1ccc(F)c(F)c1. The summed E-state index contributed by atoms with van der Waals surface area (Å²) >= 11 is 0. The monoisotopic (exact) mass is 216 g/mol. The lowest BCUT2D eigenvalue weighted by Gasteiger charge is -2.11. The van der Waals surface area contributed by atoms with E-state index < -0.39 is 17.7 Å². The van der Waals surface area contributed by atoms with Crippen LogP contribution in [0.4, 0.5) is 8.78 Å². The van der Waals surface area contributed by atoms with Crippen LogP contribution in [0.5, 0.6) is 0 Å². The highest BCUT2D eigenvalue weighted by atomic mass is 19.2. The second-order valence-corrected chi connectivity index (χ2v) is 3.26. The lowest BCUT2D eigenvalue weighted by Crippen LogP contribution is -2.08. The van der Waals surface area contributed by atoms with E-state index in [1.54, 1.807) is 0 Å². The fourth-order valence-electron chi connectivity index (χ4n) is 1.16. The quantitative estimate of drug-likeness (QED) is 0.766. The zero-order valence-corrected chi connectivity index (χ0v) is 8.54. The first kappa shape index (κ1) is 12.1. The van der Waals surface area contributed by atoms with Crippen molar-refractivity contribution in [2.75, 3.05) is 13.2 Å². The average molecular weight is 216 g/mol. The smallest absolute Gasteiger partial charge is 0.159 e. The third-order valence-electron chi connectivity index (χ3n) is 1.95. The van der Waals surface area contributed by atoms with Crippen molar-refractivity contribution < 1.29 is 18.6 Å². The summed E-state index contributed by atoms with van der Waals surface area (Å²) in [4.78, 5) is 0. The zero-order valence-electron chi connectivity index (χ0n) is 8.54. The van der Waals surface area contributed by atoms with Crippen molar-refractivity contribution in [2.45, 2.75) is 19.4 Å². The Morgan fingerprint density at radius 2 is 2.07 bits per heavy atom. The molecule has 0 aromatic heterocycles. The van der Waals surface area contributed by atoms with E-state index in [-0.39, 0.29) is 6.61 Å². The van der Waals surface area contributed by atoms with Crippen molar-refractivity contribution >= 4 is 0 Å². The predicted molar refractivity (Wildman–Crippen MR) is 52.4 cm³/mol. The Balaban J connectivity index is 2.57. The fourth-order valence-corrected chi connectivity index (χ4v) is 1.16. The highest BCUT2D eigenvalue weighted by molar-refractivity contribution is 5.19. The van der Waals surface area contributed by atoms with Crippen LogP contribution in [0.25, 0.3) is 0 Å². The summed E-state index contributed by atoms with van der Waals surface area (Å²) in [5.41, 5.74) is 0.324. The third kappa shape index (κ3) is 3.57. The first-order chi connectivity index (χ1) is 7.15. The summed E-state index contributed by atoms with van der Waals surface area (Å²) in [5.74, 6) is -1.87. The van der Waals surface area contributed by atoms with Crippen LogP contribution < -0.4 is 0 Å². The maximum absolute atomic E-state index is 12.8. The van der Waals surface area contributed by atoms with Gasteiger partial charge in [-0.1, -0.05) is 13.0 Å². The molecule has 0 fully saturated rings. The van der Waals surface area contributed by atoms with E-state index in [1.165, 1.54) is 6.07 Å². The number of aliphatic hydroxyl groups excluding tert-OH is 1. The summed E-state index contributed by atoms with van der Waals surface area (Å²) < 4.78 is 30.5. The summed E-state index contributed by atoms with van der Waals surface area (Å²) in [6.45, 7) is 2.59. The van der Waals surface area contributed by atoms with Crippen LogP contribution in [-0.4, -0.2) is 18.3 Å². The maximum atomic E-state index is 12.8. The van der Waals surface area contributed by atoms with Crippen LogP contribution >= 0.6 is 0 Å². The normalized spacial score (nSPS) is 12.8. The lowest BCUT2D eigenvalue weighted by molar-refractivity contribution is 0.0362. The summed E-state index contributed by atoms with van der Waals surface area (Å²) in [7, 11) is 0. The first-order valence-corrected chi connectivity index (χ1v) is 4.86. The van der Waals surface area contributed by atoms with E-state index in [0.717, 1.165) is 18.6 Å². The summed E-state index contributed by atoms with van der Waals surface area (Å²) in [6, 6.07) is 3.32. The number of hydrogen-bond acceptors (Lipinski definition) is 2. The third-order valence-corrected chi connectivity index (χ3v) is 1.95. The Morgan fingerprint density at radius 1 is 1.33 bits per heavy atom. The Morgan fingerprint density at radius 3 is 2.67 bits per heavy atom. The first-order valence-electron chi connectivity index (χ1n) is 4.86. The molecule has 0 bridgehead atoms. The van der Waals surface area contributed by atoms with Gasteiger partial charge in [0.25, 0.3) is 0 Å². The molecule has 4 heteroatoms. The van der Waals surface area contributed by atoms with E-state index >= 15 is 0 Å². The topological polar surface area (TPSA) is 29.5 Å². The van der Waals surface area contributed by atoms with Crippen molar-refractivity contribution in [1.29, 1.82) is 0 Å². The second-order valence-electron chi connectivity index (χ2n) is 3.26. The van der Waals surface area contributed by atoms with Crippen molar-refractivity contribution in [3.05, 3.63) is 35.4 Å². The minimum absolute atomic E-state index is 0.0961. The van der Waals surface area contributed by atoms with Gasteiger partial charge < -0.3 is 9.84 Å². The second kappa shape index (κ2) is 5.78. The molecule has 0 saturated carbocycles. The zero-order chi connectivity index (χ0) is 11.3. The van der Waals surface area contributed by atoms with Crippen molar-refractivity contribution in [3.63, 3.8) is 0 Å². The molecule has 0 spiro atoms. The molecule has 0 radical (unpaired) electrons. The molecule has 0 aliphatic heterocycles. The summed E-state index contributed by atoms with van der Waals surface area (Å²) in [6.07, 6.45) is -0.0588. The maximum Gasteiger partial charge on any atom is 0.159 e. The summed E-state index contributed by atoms with van der Waals surface area (Å²) in [5, 5.41) is 9.55. The molecule has 0 saturated heterocycles. The largest absolute Gasteiger partial charge is 0.386 e. The van der Waals surface area contributed by atoms with Crippen molar-refractivity contribution in [3.8, 4) is 0 Å². The molecule has 1 N–H and O–H groups in total. The van der Waals surface area contributed by atoms with Gasteiger partial charge in [0.2, 0.25) is 0 Å². The minimum atomic E-state index is -0.956. The van der Waals surface area contributed by atoms with Crippen LogP contribution in [0.3, 0.4) is 0 Å². The van der Waals surface area contributed by atoms with Crippen LogP contribution in [0.2, 0.25) is 0 Å². The van der Waals surface area contributed by atoms with Gasteiger partial charge in [0.05, 0.1) is 6.61 Å². The number of rotatable bonds is 5. The molecular weight excluding hydrogens is 202 g/mol. The molecule has 1 aromatic rings. The molecule has 1 unspecified atom stereocenters. The molecule has 1 atom stereocenters. The number of hydrogen-bond donors (Lipinski definition) is 1. The Labute approximate surface area is 87.5 Å². The van der Waals surface area contributed by atoms with Crippen LogP contribution in [0.1, 0.15) is 25.0 Å². The van der Waals surface area contributed by atoms with E-state index in [4.69, 9.17) is 4.74 Å². The van der Waals surface area contributed by atoms with Gasteiger partial charge in [-0.25, -0.2) is 8.78 Å². The van der Waals surface area contributed by atoms with Gasteiger partial charge in [-0.15, -0.1) is 0 Å². The predicted octanol–water partition coefficient (Wildman–Crippen LogP) is 2.42. The minimum Gasteiger partial charge on any atom is -0.386 e. The number of ether oxygens (including phenoxy) is 1. The van der Waals surface area contributed by atoms with Crippen LogP contribution in [-0.2, 0) is 4.74 Å². The molecule has 1 aromatic carbocycles. The molecule has 15 heavy (non-hydrogen) atoms. The molecular formula is C11H14F2O2. The highest BCUT2D eigenvalue weighted by Crippen LogP contribution is 2.16. The molecule has 0 aliphatic rings. The highest BCUT2D eigenvalue weighted by Gasteiger charge is 2.10. The Bertz CT molecular complexity index is 315. The average Bonchev–Trinajstić information content (AvgIpc) is 2.22. The fraction of sp³-hybridized carbons (Fsp3) is 0.455. The van der Waals surface area contributed by atoms with Gasteiger partial charge in [-0.3, -0.25) is 0 Å². The van der Waals surface area contributed by atoms with E-state index in [9.17, 15) is 13.9 Å². The van der Waals surface area contributed by atoms with E-state index in [2.05, 4.69) is 0 Å². The molecule has 0 aliphatic carbocycles. The molecule has 0 amide bonds. The van der Waals surface area contributed by atoms with Gasteiger partial charge >= 0.3 is 0 Å². The Hall–Kier alpha value is -1.00. The van der Waals surface area contributed by atoms with Gasteiger partial charge in [-0.05, 0) is 24.1 Å². The number of aliphatic hydroxyl groups is 1. The van der Waals surface area contributed by atoms with Crippen molar-refractivity contribution in [2.24, 2.45) is 0 Å². The van der Waals surface area contributed by atoms with Gasteiger partial charge in [0, 0.05) is 6.61 Å². The molecule has 2 nitrogen and oxygen atoms in total. The number of halogens is 2. The van der Waals surface area contributed by atoms with Gasteiger partial charge in [0.15, 0.2) is 11.6 Å². The van der Waals surface area contributed by atoms with E-state index in [0.29, 0.717) is 12.2 Å².